The van der Waals surface area contributed by atoms with Crippen LogP contribution in [0.25, 0.3) is 0 Å². The van der Waals surface area contributed by atoms with Crippen LogP contribution in [0.4, 0.5) is 0 Å². The molecule has 2 heteroatoms. The molecule has 1 atom stereocenters. The molecular weight excluding hydrogens is 272 g/mol. The molecule has 1 saturated carbocycles. The van der Waals surface area contributed by atoms with Crippen molar-refractivity contribution < 1.29 is 9.53 Å². The third-order valence-electron chi connectivity index (χ3n) is 5.23. The van der Waals surface area contributed by atoms with Gasteiger partial charge in [-0.3, -0.25) is 4.79 Å². The first kappa shape index (κ1) is 21.5. The van der Waals surface area contributed by atoms with Crippen LogP contribution in [0.2, 0.25) is 0 Å². The fourth-order valence-electron chi connectivity index (χ4n) is 3.18. The topological polar surface area (TPSA) is 26.3 Å². The van der Waals surface area contributed by atoms with Crippen LogP contribution >= 0.6 is 0 Å². The zero-order chi connectivity index (χ0) is 17.2. The van der Waals surface area contributed by atoms with Crippen molar-refractivity contribution in [1.29, 1.82) is 0 Å². The summed E-state index contributed by atoms with van der Waals surface area (Å²) < 4.78 is 6.07. The van der Waals surface area contributed by atoms with Gasteiger partial charge in [-0.1, -0.05) is 60.8 Å². The van der Waals surface area contributed by atoms with Crippen molar-refractivity contribution in [2.75, 3.05) is 0 Å². The van der Waals surface area contributed by atoms with E-state index in [1.807, 2.05) is 0 Å². The van der Waals surface area contributed by atoms with Gasteiger partial charge in [0.2, 0.25) is 0 Å². The SMILES string of the molecule is CCC.CCCC(C)(C(=O)OC1(CC)CCCCC1)C(C)C. The van der Waals surface area contributed by atoms with Crippen LogP contribution < -0.4 is 0 Å². The molecule has 0 N–H and O–H groups in total. The van der Waals surface area contributed by atoms with Crippen molar-refractivity contribution in [3.63, 3.8) is 0 Å². The maximum Gasteiger partial charge on any atom is 0.312 e. The summed E-state index contributed by atoms with van der Waals surface area (Å²) in [6.45, 7) is 14.9. The van der Waals surface area contributed by atoms with E-state index in [1.165, 1.54) is 25.7 Å². The molecule has 132 valence electrons. The second-order valence-corrected chi connectivity index (χ2v) is 7.52. The standard InChI is InChI=1S/C17H32O2.C3H8/c1-6-11-16(5,14(3)4)15(18)19-17(7-2)12-9-8-10-13-17;1-3-2/h14H,6-13H2,1-5H3;3H2,1-2H3. The van der Waals surface area contributed by atoms with Gasteiger partial charge < -0.3 is 4.74 Å². The van der Waals surface area contributed by atoms with Crippen LogP contribution in [-0.2, 0) is 9.53 Å². The lowest BCUT2D eigenvalue weighted by Crippen LogP contribution is -2.43. The molecule has 0 amide bonds. The van der Waals surface area contributed by atoms with Crippen LogP contribution in [0.5, 0.6) is 0 Å². The molecule has 1 aliphatic rings. The lowest BCUT2D eigenvalue weighted by Gasteiger charge is -2.40. The van der Waals surface area contributed by atoms with E-state index in [2.05, 4.69) is 48.5 Å². The van der Waals surface area contributed by atoms with Gasteiger partial charge in [-0.15, -0.1) is 0 Å². The Labute approximate surface area is 139 Å². The Hall–Kier alpha value is -0.530. The lowest BCUT2D eigenvalue weighted by molar-refractivity contribution is -0.179. The molecule has 0 aliphatic heterocycles. The summed E-state index contributed by atoms with van der Waals surface area (Å²) in [6, 6.07) is 0. The normalized spacial score (nSPS) is 19.8. The highest BCUT2D eigenvalue weighted by molar-refractivity contribution is 5.77. The number of esters is 1. The second kappa shape index (κ2) is 10.3. The summed E-state index contributed by atoms with van der Waals surface area (Å²) in [4.78, 5) is 12.7. The van der Waals surface area contributed by atoms with Gasteiger partial charge in [-0.25, -0.2) is 0 Å². The van der Waals surface area contributed by atoms with Gasteiger partial charge in [0, 0.05) is 0 Å². The molecule has 22 heavy (non-hydrogen) atoms. The summed E-state index contributed by atoms with van der Waals surface area (Å²) in [6.07, 6.45) is 9.95. The van der Waals surface area contributed by atoms with Crippen molar-refractivity contribution in [2.24, 2.45) is 11.3 Å². The predicted octanol–water partition coefficient (Wildman–Crippen LogP) is 6.52. The largest absolute Gasteiger partial charge is 0.459 e. The van der Waals surface area contributed by atoms with Crippen molar-refractivity contribution in [1.82, 2.24) is 0 Å². The molecule has 1 unspecified atom stereocenters. The van der Waals surface area contributed by atoms with E-state index in [0.29, 0.717) is 5.92 Å². The van der Waals surface area contributed by atoms with Crippen LogP contribution in [0.3, 0.4) is 0 Å². The predicted molar refractivity (Wildman–Crippen MR) is 96.0 cm³/mol. The van der Waals surface area contributed by atoms with Gasteiger partial charge >= 0.3 is 5.97 Å². The monoisotopic (exact) mass is 312 g/mol. The Kier molecular flexibility index (Phi) is 10.0. The fourth-order valence-corrected chi connectivity index (χ4v) is 3.18. The first-order chi connectivity index (χ1) is 10.3. The molecule has 0 heterocycles. The molecule has 0 aromatic rings. The first-order valence-electron chi connectivity index (χ1n) is 9.55. The van der Waals surface area contributed by atoms with E-state index in [4.69, 9.17) is 4.74 Å². The quantitative estimate of drug-likeness (QED) is 0.522. The number of carbonyl (C=O) groups excluding carboxylic acids is 1. The highest BCUT2D eigenvalue weighted by Gasteiger charge is 2.42. The van der Waals surface area contributed by atoms with Crippen LogP contribution in [0, 0.1) is 11.3 Å². The zero-order valence-electron chi connectivity index (χ0n) is 16.3. The van der Waals surface area contributed by atoms with Gasteiger partial charge in [0.1, 0.15) is 5.60 Å². The number of rotatable bonds is 6. The highest BCUT2D eigenvalue weighted by Crippen LogP contribution is 2.40. The van der Waals surface area contributed by atoms with Crippen molar-refractivity contribution in [2.45, 2.75) is 112 Å². The summed E-state index contributed by atoms with van der Waals surface area (Å²) in [5, 5.41) is 0. The Balaban J connectivity index is 0.00000135. The number of hydrogen-bond donors (Lipinski definition) is 0. The molecular formula is C20H40O2. The van der Waals surface area contributed by atoms with Crippen LogP contribution in [0.1, 0.15) is 106 Å². The maximum atomic E-state index is 12.7. The fraction of sp³-hybridized carbons (Fsp3) is 0.950. The van der Waals surface area contributed by atoms with Crippen molar-refractivity contribution in [3.8, 4) is 0 Å². The summed E-state index contributed by atoms with van der Waals surface area (Å²) in [5.74, 6) is 0.366. The minimum Gasteiger partial charge on any atom is -0.459 e. The number of hydrogen-bond acceptors (Lipinski definition) is 2. The molecule has 1 rings (SSSR count). The van der Waals surface area contributed by atoms with Gasteiger partial charge in [0.05, 0.1) is 5.41 Å². The van der Waals surface area contributed by atoms with Crippen molar-refractivity contribution in [3.05, 3.63) is 0 Å². The zero-order valence-corrected chi connectivity index (χ0v) is 16.3. The van der Waals surface area contributed by atoms with Crippen LogP contribution in [0.15, 0.2) is 0 Å². The molecule has 1 aliphatic carbocycles. The van der Waals surface area contributed by atoms with Gasteiger partial charge in [-0.2, -0.15) is 0 Å². The minimum atomic E-state index is -0.325. The first-order valence-corrected chi connectivity index (χ1v) is 9.55. The van der Waals surface area contributed by atoms with E-state index < -0.39 is 0 Å². The molecule has 2 nitrogen and oxygen atoms in total. The molecule has 0 aromatic heterocycles. The van der Waals surface area contributed by atoms with E-state index in [9.17, 15) is 4.79 Å². The smallest absolute Gasteiger partial charge is 0.312 e. The molecule has 1 fully saturated rings. The molecule has 0 radical (unpaired) electrons. The second-order valence-electron chi connectivity index (χ2n) is 7.52. The maximum absolute atomic E-state index is 12.7. The van der Waals surface area contributed by atoms with Gasteiger partial charge in [0.25, 0.3) is 0 Å². The summed E-state index contributed by atoms with van der Waals surface area (Å²) >= 11 is 0. The number of ether oxygens (including phenoxy) is 1. The van der Waals surface area contributed by atoms with Gasteiger partial charge in [-0.05, 0) is 51.4 Å². The van der Waals surface area contributed by atoms with E-state index in [1.54, 1.807) is 0 Å². The lowest BCUT2D eigenvalue weighted by atomic mass is 9.75. The molecule has 0 saturated heterocycles. The summed E-state index contributed by atoms with van der Waals surface area (Å²) in [5.41, 5.74) is -0.492. The highest BCUT2D eigenvalue weighted by atomic mass is 16.6. The van der Waals surface area contributed by atoms with E-state index >= 15 is 0 Å². The average molecular weight is 313 g/mol. The molecule has 0 spiro atoms. The molecule has 0 bridgehead atoms. The Morgan fingerprint density at radius 2 is 1.59 bits per heavy atom. The van der Waals surface area contributed by atoms with E-state index in [0.717, 1.165) is 32.1 Å². The van der Waals surface area contributed by atoms with Crippen LogP contribution in [-0.4, -0.2) is 11.6 Å². The van der Waals surface area contributed by atoms with Crippen molar-refractivity contribution >= 4 is 5.97 Å². The third kappa shape index (κ3) is 5.93. The number of carbonyl (C=O) groups is 1. The third-order valence-corrected chi connectivity index (χ3v) is 5.23. The van der Waals surface area contributed by atoms with E-state index in [-0.39, 0.29) is 17.0 Å². The Bertz CT molecular complexity index is 303. The minimum absolute atomic E-state index is 0.0353. The average Bonchev–Trinajstić information content (AvgIpc) is 2.49. The molecule has 0 aromatic carbocycles. The van der Waals surface area contributed by atoms with Gasteiger partial charge in [0.15, 0.2) is 0 Å². The Morgan fingerprint density at radius 1 is 1.09 bits per heavy atom. The Morgan fingerprint density at radius 3 is 1.95 bits per heavy atom. The summed E-state index contributed by atoms with van der Waals surface area (Å²) in [7, 11) is 0.